The Morgan fingerprint density at radius 2 is 0.818 bits per heavy atom. The molecule has 0 aliphatic carbocycles. The van der Waals surface area contributed by atoms with Crippen LogP contribution in [-0.2, 0) is 19.5 Å². The van der Waals surface area contributed by atoms with Crippen LogP contribution in [0.5, 0.6) is 0 Å². The van der Waals surface area contributed by atoms with Crippen molar-refractivity contribution in [1.29, 1.82) is 0 Å². The fraction of sp³-hybridized carbons (Fsp3) is 0. The third kappa shape index (κ3) is 5.34. The Hall–Kier alpha value is -2.14. The molecular weight excluding hydrogens is 551 g/mol. The zero-order valence-electron chi connectivity index (χ0n) is 17.1. The SMILES string of the molecule is Clc1cc2cccnc2c2ncccc12.Clc1cc2cccnc2c2ncccc12.[Cl-].[Cl-].[Zn+2]. The molecule has 6 rings (SSSR count). The molecule has 4 nitrogen and oxygen atoms in total. The first-order valence-electron chi connectivity index (χ1n) is 9.28. The Balaban J connectivity index is 0.000000214. The molecule has 4 aromatic heterocycles. The first kappa shape index (κ1) is 27.1. The molecule has 0 bridgehead atoms. The Bertz CT molecular complexity index is 1430. The van der Waals surface area contributed by atoms with E-state index in [4.69, 9.17) is 23.2 Å². The molecule has 0 aliphatic heterocycles. The third-order valence-electron chi connectivity index (χ3n) is 4.82. The number of fused-ring (bicyclic) bond motifs is 6. The summed E-state index contributed by atoms with van der Waals surface area (Å²) in [5.74, 6) is 0. The molecule has 0 aliphatic rings. The first-order valence-corrected chi connectivity index (χ1v) is 10.0. The maximum absolute atomic E-state index is 6.17. The zero-order valence-corrected chi connectivity index (χ0v) is 23.1. The molecule has 9 heteroatoms. The Morgan fingerprint density at radius 1 is 0.485 bits per heavy atom. The number of benzene rings is 2. The van der Waals surface area contributed by atoms with Gasteiger partial charge in [0.25, 0.3) is 0 Å². The summed E-state index contributed by atoms with van der Waals surface area (Å²) < 4.78 is 0. The molecule has 33 heavy (non-hydrogen) atoms. The number of nitrogens with zero attached hydrogens (tertiary/aromatic N) is 4. The second-order valence-electron chi connectivity index (χ2n) is 6.67. The van der Waals surface area contributed by atoms with Crippen LogP contribution in [0, 0.1) is 0 Å². The van der Waals surface area contributed by atoms with E-state index in [1.165, 1.54) is 0 Å². The van der Waals surface area contributed by atoms with Gasteiger partial charge in [-0.15, -0.1) is 0 Å². The van der Waals surface area contributed by atoms with Gasteiger partial charge in [0.1, 0.15) is 0 Å². The van der Waals surface area contributed by atoms with Crippen molar-refractivity contribution < 1.29 is 44.3 Å². The smallest absolute Gasteiger partial charge is 1.00 e. The first-order chi connectivity index (χ1) is 14.7. The van der Waals surface area contributed by atoms with Gasteiger partial charge in [0, 0.05) is 46.3 Å². The van der Waals surface area contributed by atoms with Crippen molar-refractivity contribution in [2.75, 3.05) is 0 Å². The fourth-order valence-corrected chi connectivity index (χ4v) is 4.01. The van der Waals surface area contributed by atoms with Crippen LogP contribution in [0.1, 0.15) is 0 Å². The molecule has 0 saturated heterocycles. The van der Waals surface area contributed by atoms with Crippen molar-refractivity contribution in [2.24, 2.45) is 0 Å². The normalized spacial score (nSPS) is 10.0. The van der Waals surface area contributed by atoms with Crippen LogP contribution in [-0.4, -0.2) is 19.9 Å². The molecule has 6 aromatic rings. The van der Waals surface area contributed by atoms with Crippen LogP contribution >= 0.6 is 23.2 Å². The Morgan fingerprint density at radius 3 is 1.21 bits per heavy atom. The molecule has 0 amide bonds. The van der Waals surface area contributed by atoms with E-state index in [0.29, 0.717) is 0 Å². The summed E-state index contributed by atoms with van der Waals surface area (Å²) in [6.07, 6.45) is 7.05. The standard InChI is InChI=1S/2C12H7ClN2.2ClH.Zn/c2*13-10-7-8-3-1-5-14-11(8)12-9(10)4-2-6-15-12;;;/h2*1-7H;2*1H;/q;;;;+2/p-2. The van der Waals surface area contributed by atoms with Crippen molar-refractivity contribution >= 4 is 66.8 Å². The fourth-order valence-electron chi connectivity index (χ4n) is 3.47. The minimum atomic E-state index is 0. The predicted molar refractivity (Wildman–Crippen MR) is 124 cm³/mol. The van der Waals surface area contributed by atoms with Gasteiger partial charge < -0.3 is 24.8 Å². The summed E-state index contributed by atoms with van der Waals surface area (Å²) in [5.41, 5.74) is 3.52. The average Bonchev–Trinajstić information content (AvgIpc) is 2.80. The van der Waals surface area contributed by atoms with Crippen molar-refractivity contribution in [2.45, 2.75) is 0 Å². The van der Waals surface area contributed by atoms with Gasteiger partial charge in [-0.2, -0.15) is 0 Å². The molecule has 0 radical (unpaired) electrons. The van der Waals surface area contributed by atoms with Crippen LogP contribution in [0.4, 0.5) is 0 Å². The van der Waals surface area contributed by atoms with Crippen molar-refractivity contribution in [3.63, 3.8) is 0 Å². The predicted octanol–water partition coefficient (Wildman–Crippen LogP) is 0.878. The number of hydrogen-bond donors (Lipinski definition) is 0. The number of aromatic nitrogens is 4. The maximum Gasteiger partial charge on any atom is 2.00 e. The molecule has 4 heterocycles. The maximum atomic E-state index is 6.17. The monoisotopic (exact) mass is 562 g/mol. The summed E-state index contributed by atoms with van der Waals surface area (Å²) in [6, 6.07) is 19.3. The second kappa shape index (κ2) is 11.8. The molecule has 0 spiro atoms. The quantitative estimate of drug-likeness (QED) is 0.203. The largest absolute Gasteiger partial charge is 2.00 e. The minimum absolute atomic E-state index is 0. The minimum Gasteiger partial charge on any atom is -1.00 e. The molecule has 0 saturated carbocycles. The van der Waals surface area contributed by atoms with Crippen LogP contribution in [0.25, 0.3) is 43.6 Å². The van der Waals surface area contributed by atoms with E-state index in [9.17, 15) is 0 Å². The van der Waals surface area contributed by atoms with Gasteiger partial charge in [-0.3, -0.25) is 19.9 Å². The van der Waals surface area contributed by atoms with Gasteiger partial charge in [0.05, 0.1) is 32.1 Å². The summed E-state index contributed by atoms with van der Waals surface area (Å²) in [7, 11) is 0. The van der Waals surface area contributed by atoms with Gasteiger partial charge in [-0.05, 0) is 48.5 Å². The van der Waals surface area contributed by atoms with E-state index in [2.05, 4.69) is 19.9 Å². The van der Waals surface area contributed by atoms with Gasteiger partial charge in [-0.1, -0.05) is 35.3 Å². The summed E-state index contributed by atoms with van der Waals surface area (Å²) >= 11 is 12.3. The van der Waals surface area contributed by atoms with Crippen LogP contribution in [0.3, 0.4) is 0 Å². The van der Waals surface area contributed by atoms with Gasteiger partial charge >= 0.3 is 19.5 Å². The Kier molecular flexibility index (Phi) is 9.72. The topological polar surface area (TPSA) is 51.6 Å². The molecule has 2 aromatic carbocycles. The van der Waals surface area contributed by atoms with Gasteiger partial charge in [-0.25, -0.2) is 0 Å². The third-order valence-corrected chi connectivity index (χ3v) is 5.45. The van der Waals surface area contributed by atoms with Crippen LogP contribution in [0.15, 0.2) is 85.5 Å². The second-order valence-corrected chi connectivity index (χ2v) is 7.48. The average molecular weight is 566 g/mol. The van der Waals surface area contributed by atoms with Crippen molar-refractivity contribution in [3.8, 4) is 0 Å². The summed E-state index contributed by atoms with van der Waals surface area (Å²) in [4.78, 5) is 17.3. The van der Waals surface area contributed by atoms with Crippen molar-refractivity contribution in [3.05, 3.63) is 95.5 Å². The molecule has 0 unspecified atom stereocenters. The summed E-state index contributed by atoms with van der Waals surface area (Å²) in [6.45, 7) is 0. The number of pyridine rings is 4. The zero-order chi connectivity index (χ0) is 20.5. The number of halogens is 4. The van der Waals surface area contributed by atoms with Crippen molar-refractivity contribution in [1.82, 2.24) is 19.9 Å². The van der Waals surface area contributed by atoms with Gasteiger partial charge in [0.15, 0.2) is 0 Å². The van der Waals surface area contributed by atoms with E-state index in [-0.39, 0.29) is 44.3 Å². The Labute approximate surface area is 225 Å². The molecule has 0 N–H and O–H groups in total. The van der Waals surface area contributed by atoms with E-state index < -0.39 is 0 Å². The van der Waals surface area contributed by atoms with E-state index in [1.54, 1.807) is 24.8 Å². The molecule has 160 valence electrons. The molecule has 0 atom stereocenters. The number of hydrogen-bond acceptors (Lipinski definition) is 4. The van der Waals surface area contributed by atoms with Crippen LogP contribution < -0.4 is 24.8 Å². The molecular formula is C24H14Cl4N4Zn. The summed E-state index contributed by atoms with van der Waals surface area (Å²) in [5, 5.41) is 5.38. The van der Waals surface area contributed by atoms with Gasteiger partial charge in [0.2, 0.25) is 0 Å². The van der Waals surface area contributed by atoms with E-state index in [1.807, 2.05) is 60.7 Å². The van der Waals surface area contributed by atoms with E-state index in [0.717, 1.165) is 53.7 Å². The molecule has 0 fully saturated rings. The number of rotatable bonds is 0. The van der Waals surface area contributed by atoms with E-state index >= 15 is 0 Å². The van der Waals surface area contributed by atoms with Crippen LogP contribution in [0.2, 0.25) is 10.0 Å².